The molecule has 0 bridgehead atoms. The molecule has 20 heavy (non-hydrogen) atoms. The predicted molar refractivity (Wildman–Crippen MR) is 74.5 cm³/mol. The summed E-state index contributed by atoms with van der Waals surface area (Å²) in [4.78, 5) is 15.8. The minimum absolute atomic E-state index is 0.271. The first kappa shape index (κ1) is 14.0. The zero-order valence-electron chi connectivity index (χ0n) is 10.8. The number of hydrazine groups is 1. The first-order valence-corrected chi connectivity index (χ1v) is 6.14. The van der Waals surface area contributed by atoms with Crippen molar-refractivity contribution in [1.82, 2.24) is 10.3 Å². The van der Waals surface area contributed by atoms with Crippen molar-refractivity contribution in [3.63, 3.8) is 0 Å². The monoisotopic (exact) mass is 274 g/mol. The van der Waals surface area contributed by atoms with Crippen molar-refractivity contribution in [2.45, 2.75) is 6.42 Å². The topological polar surface area (TPSA) is 80.0 Å². The Hall–Kier alpha value is -2.47. The van der Waals surface area contributed by atoms with Gasteiger partial charge >= 0.3 is 0 Å². The fraction of sp³-hybridized carbons (Fsp3) is 0.143. The number of halogens is 1. The molecule has 4 N–H and O–H groups in total. The molecule has 5 nitrogen and oxygen atoms in total. The van der Waals surface area contributed by atoms with Gasteiger partial charge in [0, 0.05) is 18.9 Å². The zero-order valence-corrected chi connectivity index (χ0v) is 10.8. The molecule has 104 valence electrons. The predicted octanol–water partition coefficient (Wildman–Crippen LogP) is 1.48. The van der Waals surface area contributed by atoms with E-state index in [2.05, 4.69) is 15.7 Å². The molecule has 1 aromatic carbocycles. The first-order chi connectivity index (χ1) is 9.72. The third kappa shape index (κ3) is 3.30. The second-order valence-corrected chi connectivity index (χ2v) is 4.16. The highest BCUT2D eigenvalue weighted by molar-refractivity contribution is 5.99. The van der Waals surface area contributed by atoms with Crippen LogP contribution in [-0.4, -0.2) is 17.4 Å². The lowest BCUT2D eigenvalue weighted by Crippen LogP contribution is -2.27. The minimum atomic E-state index is -0.303. The summed E-state index contributed by atoms with van der Waals surface area (Å²) >= 11 is 0. The summed E-state index contributed by atoms with van der Waals surface area (Å²) in [5.41, 5.74) is 3.84. The van der Waals surface area contributed by atoms with Gasteiger partial charge in [-0.1, -0.05) is 18.2 Å². The number of hydrogen-bond acceptors (Lipinski definition) is 4. The van der Waals surface area contributed by atoms with Crippen LogP contribution in [0.1, 0.15) is 15.9 Å². The Balaban J connectivity index is 1.94. The molecule has 2 aromatic rings. The van der Waals surface area contributed by atoms with Crippen LogP contribution < -0.4 is 16.6 Å². The molecule has 0 aliphatic heterocycles. The van der Waals surface area contributed by atoms with Crippen LogP contribution in [-0.2, 0) is 6.42 Å². The first-order valence-electron chi connectivity index (χ1n) is 6.14. The Morgan fingerprint density at radius 2 is 2.10 bits per heavy atom. The minimum Gasteiger partial charge on any atom is -0.352 e. The number of nitrogen functional groups attached to an aromatic ring is 1. The highest BCUT2D eigenvalue weighted by atomic mass is 19.1. The summed E-state index contributed by atoms with van der Waals surface area (Å²) in [5.74, 6) is 4.75. The van der Waals surface area contributed by atoms with E-state index < -0.39 is 0 Å². The molecular weight excluding hydrogens is 259 g/mol. The maximum absolute atomic E-state index is 13.4. The third-order valence-electron chi connectivity index (χ3n) is 2.86. The van der Waals surface area contributed by atoms with Gasteiger partial charge in [0.15, 0.2) is 0 Å². The molecule has 0 saturated carbocycles. The van der Waals surface area contributed by atoms with Crippen molar-refractivity contribution < 1.29 is 9.18 Å². The average Bonchev–Trinajstić information content (AvgIpc) is 2.49. The van der Waals surface area contributed by atoms with E-state index in [-0.39, 0.29) is 11.7 Å². The van der Waals surface area contributed by atoms with Gasteiger partial charge in [-0.15, -0.1) is 0 Å². The summed E-state index contributed by atoms with van der Waals surface area (Å²) in [6, 6.07) is 8.09. The van der Waals surface area contributed by atoms with E-state index in [4.69, 9.17) is 5.84 Å². The van der Waals surface area contributed by atoms with Gasteiger partial charge in [-0.05, 0) is 24.1 Å². The third-order valence-corrected chi connectivity index (χ3v) is 2.86. The second-order valence-electron chi connectivity index (χ2n) is 4.16. The maximum atomic E-state index is 13.4. The van der Waals surface area contributed by atoms with Gasteiger partial charge in [-0.25, -0.2) is 4.39 Å². The number of anilines is 1. The van der Waals surface area contributed by atoms with Gasteiger partial charge in [0.05, 0.1) is 11.3 Å². The van der Waals surface area contributed by atoms with Crippen molar-refractivity contribution in [1.29, 1.82) is 0 Å². The SMILES string of the molecule is NNc1ccncc1C(=O)NCCc1ccccc1F. The highest BCUT2D eigenvalue weighted by Gasteiger charge is 2.10. The van der Waals surface area contributed by atoms with E-state index >= 15 is 0 Å². The number of carbonyl (C=O) groups excluding carboxylic acids is 1. The molecule has 1 aromatic heterocycles. The Labute approximate surface area is 116 Å². The van der Waals surface area contributed by atoms with E-state index in [9.17, 15) is 9.18 Å². The average molecular weight is 274 g/mol. The molecule has 0 fully saturated rings. The maximum Gasteiger partial charge on any atom is 0.255 e. The number of aromatic nitrogens is 1. The number of benzene rings is 1. The Bertz CT molecular complexity index is 603. The molecule has 0 saturated heterocycles. The molecule has 0 aliphatic rings. The lowest BCUT2D eigenvalue weighted by molar-refractivity contribution is 0.0954. The Kier molecular flexibility index (Phi) is 4.62. The van der Waals surface area contributed by atoms with E-state index in [0.29, 0.717) is 29.8 Å². The molecule has 1 amide bonds. The van der Waals surface area contributed by atoms with Gasteiger partial charge in [-0.2, -0.15) is 0 Å². The van der Waals surface area contributed by atoms with Crippen molar-refractivity contribution in [3.8, 4) is 0 Å². The van der Waals surface area contributed by atoms with Gasteiger partial charge in [0.2, 0.25) is 0 Å². The number of pyridine rings is 1. The normalized spacial score (nSPS) is 10.1. The number of nitrogens with two attached hydrogens (primary N) is 1. The lowest BCUT2D eigenvalue weighted by Gasteiger charge is -2.09. The standard InChI is InChI=1S/C14H15FN4O/c15-12-4-2-1-3-10(12)5-8-18-14(20)11-9-17-7-6-13(11)19-16/h1-4,6-7,9H,5,8,16H2,(H,17,19)(H,18,20). The van der Waals surface area contributed by atoms with Gasteiger partial charge < -0.3 is 10.7 Å². The largest absolute Gasteiger partial charge is 0.352 e. The molecule has 2 rings (SSSR count). The van der Waals surface area contributed by atoms with E-state index in [1.54, 1.807) is 24.3 Å². The highest BCUT2D eigenvalue weighted by Crippen LogP contribution is 2.11. The van der Waals surface area contributed by atoms with E-state index in [1.165, 1.54) is 18.5 Å². The molecule has 0 spiro atoms. The van der Waals surface area contributed by atoms with Crippen LogP contribution >= 0.6 is 0 Å². The summed E-state index contributed by atoms with van der Waals surface area (Å²) in [6.07, 6.45) is 3.38. The van der Waals surface area contributed by atoms with Crippen LogP contribution in [0.2, 0.25) is 0 Å². The van der Waals surface area contributed by atoms with Crippen LogP contribution in [0.3, 0.4) is 0 Å². The summed E-state index contributed by atoms with van der Waals surface area (Å²) < 4.78 is 13.4. The van der Waals surface area contributed by atoms with E-state index in [1.807, 2.05) is 0 Å². The van der Waals surface area contributed by atoms with Crippen molar-refractivity contribution in [3.05, 3.63) is 59.7 Å². The van der Waals surface area contributed by atoms with Crippen molar-refractivity contribution >= 4 is 11.6 Å². The zero-order chi connectivity index (χ0) is 14.4. The van der Waals surface area contributed by atoms with Crippen LogP contribution in [0, 0.1) is 5.82 Å². The molecule has 0 unspecified atom stereocenters. The Morgan fingerprint density at radius 1 is 1.30 bits per heavy atom. The molecule has 6 heteroatoms. The molecule has 1 heterocycles. The number of amides is 1. The van der Waals surface area contributed by atoms with E-state index in [0.717, 1.165) is 0 Å². The Morgan fingerprint density at radius 3 is 2.85 bits per heavy atom. The van der Waals surface area contributed by atoms with Crippen molar-refractivity contribution in [2.75, 3.05) is 12.0 Å². The summed E-state index contributed by atoms with van der Waals surface area (Å²) in [7, 11) is 0. The molecular formula is C14H15FN4O. The number of carbonyl (C=O) groups is 1. The fourth-order valence-corrected chi connectivity index (χ4v) is 1.81. The van der Waals surface area contributed by atoms with Gasteiger partial charge in [0.25, 0.3) is 5.91 Å². The number of hydrogen-bond donors (Lipinski definition) is 3. The van der Waals surface area contributed by atoms with Crippen molar-refractivity contribution in [2.24, 2.45) is 5.84 Å². The smallest absolute Gasteiger partial charge is 0.255 e. The number of nitrogens with one attached hydrogen (secondary N) is 2. The number of nitrogens with zero attached hydrogens (tertiary/aromatic N) is 1. The van der Waals surface area contributed by atoms with Crippen LogP contribution in [0.25, 0.3) is 0 Å². The number of rotatable bonds is 5. The summed E-state index contributed by atoms with van der Waals surface area (Å²) in [6.45, 7) is 0.332. The van der Waals surface area contributed by atoms with Gasteiger partial charge in [0.1, 0.15) is 5.82 Å². The fourth-order valence-electron chi connectivity index (χ4n) is 1.81. The van der Waals surface area contributed by atoms with Crippen LogP contribution in [0.15, 0.2) is 42.7 Å². The molecule has 0 radical (unpaired) electrons. The van der Waals surface area contributed by atoms with Gasteiger partial charge in [-0.3, -0.25) is 15.6 Å². The van der Waals surface area contributed by atoms with Crippen LogP contribution in [0.4, 0.5) is 10.1 Å². The molecule has 0 aliphatic carbocycles. The van der Waals surface area contributed by atoms with Crippen LogP contribution in [0.5, 0.6) is 0 Å². The lowest BCUT2D eigenvalue weighted by atomic mass is 10.1. The molecule has 0 atom stereocenters. The second kappa shape index (κ2) is 6.63. The summed E-state index contributed by atoms with van der Waals surface area (Å²) in [5, 5.41) is 2.71. The quantitative estimate of drug-likeness (QED) is 0.570.